The summed E-state index contributed by atoms with van der Waals surface area (Å²) < 4.78 is 24.8. The van der Waals surface area contributed by atoms with Gasteiger partial charge in [0, 0.05) is 13.0 Å². The van der Waals surface area contributed by atoms with Gasteiger partial charge in [0.15, 0.2) is 0 Å². The molecule has 18 heavy (non-hydrogen) atoms. The predicted molar refractivity (Wildman–Crippen MR) is 61.6 cm³/mol. The molecule has 8 heteroatoms. The molecule has 1 heterocycles. The number of benzene rings is 1. The monoisotopic (exact) mass is 269 g/mol. The fourth-order valence-electron chi connectivity index (χ4n) is 1.73. The summed E-state index contributed by atoms with van der Waals surface area (Å²) in [5.74, 6) is 3.74. The van der Waals surface area contributed by atoms with Crippen LogP contribution in [0.25, 0.3) is 0 Å². The molecular formula is C10H11N3O4S. The maximum Gasteiger partial charge on any atom is 0.269 e. The second-order valence-electron chi connectivity index (χ2n) is 3.70. The van der Waals surface area contributed by atoms with Gasteiger partial charge in [0.1, 0.15) is 4.90 Å². The second kappa shape index (κ2) is 4.39. The Bertz CT molecular complexity index is 611. The van der Waals surface area contributed by atoms with Crippen molar-refractivity contribution in [3.8, 4) is 0 Å². The van der Waals surface area contributed by atoms with Crippen LogP contribution in [0.3, 0.4) is 0 Å². The number of sulfonamides is 1. The lowest BCUT2D eigenvalue weighted by Crippen LogP contribution is -2.36. The SMILES string of the molecule is NNC(=O)CCN1C(=O)c2ccccc2S1(=O)=O. The van der Waals surface area contributed by atoms with Gasteiger partial charge in [-0.1, -0.05) is 12.1 Å². The van der Waals surface area contributed by atoms with E-state index in [-0.39, 0.29) is 23.4 Å². The largest absolute Gasteiger partial charge is 0.294 e. The van der Waals surface area contributed by atoms with Crippen LogP contribution in [0, 0.1) is 0 Å². The van der Waals surface area contributed by atoms with Crippen molar-refractivity contribution in [1.29, 1.82) is 0 Å². The number of fused-ring (bicyclic) bond motifs is 1. The molecule has 0 unspecified atom stereocenters. The third-order valence-electron chi connectivity index (χ3n) is 2.61. The average Bonchev–Trinajstić information content (AvgIpc) is 2.56. The minimum atomic E-state index is -3.84. The number of nitrogens with two attached hydrogens (primary N) is 1. The summed E-state index contributed by atoms with van der Waals surface area (Å²) in [6, 6.07) is 5.94. The van der Waals surface area contributed by atoms with Crippen LogP contribution in [0.1, 0.15) is 16.8 Å². The zero-order valence-electron chi connectivity index (χ0n) is 9.29. The van der Waals surface area contributed by atoms with E-state index >= 15 is 0 Å². The van der Waals surface area contributed by atoms with E-state index in [1.807, 2.05) is 5.43 Å². The standard InChI is InChI=1S/C10H11N3O4S/c11-12-9(14)5-6-13-10(15)7-3-1-2-4-8(7)18(13,16)17/h1-4H,5-6,11H2,(H,12,14). The van der Waals surface area contributed by atoms with Crippen molar-refractivity contribution in [3.63, 3.8) is 0 Å². The quantitative estimate of drug-likeness (QED) is 0.424. The molecule has 3 N–H and O–H groups in total. The molecule has 0 saturated carbocycles. The van der Waals surface area contributed by atoms with E-state index in [9.17, 15) is 18.0 Å². The summed E-state index contributed by atoms with van der Waals surface area (Å²) in [6.45, 7) is -0.223. The average molecular weight is 269 g/mol. The zero-order chi connectivity index (χ0) is 13.3. The molecule has 1 aliphatic rings. The summed E-state index contributed by atoms with van der Waals surface area (Å²) in [6.07, 6.45) is -0.171. The van der Waals surface area contributed by atoms with Crippen LogP contribution >= 0.6 is 0 Å². The third-order valence-corrected chi connectivity index (χ3v) is 4.46. The van der Waals surface area contributed by atoms with Crippen LogP contribution in [0.15, 0.2) is 29.2 Å². The first-order chi connectivity index (χ1) is 8.48. The predicted octanol–water partition coefficient (Wildman–Crippen LogP) is -0.789. The molecule has 1 aromatic rings. The van der Waals surface area contributed by atoms with Crippen LogP contribution in [0.4, 0.5) is 0 Å². The number of carbonyl (C=O) groups excluding carboxylic acids is 2. The third kappa shape index (κ3) is 1.85. The Labute approximate surface area is 104 Å². The fraction of sp³-hybridized carbons (Fsp3) is 0.200. The Morgan fingerprint density at radius 3 is 2.61 bits per heavy atom. The number of rotatable bonds is 3. The Kier molecular flexibility index (Phi) is 3.05. The molecule has 0 radical (unpaired) electrons. The molecule has 7 nitrogen and oxygen atoms in total. The summed E-state index contributed by atoms with van der Waals surface area (Å²) in [5, 5.41) is 0. The first-order valence-electron chi connectivity index (χ1n) is 5.14. The highest BCUT2D eigenvalue weighted by Gasteiger charge is 2.40. The number of nitrogens with one attached hydrogen (secondary N) is 1. The Hall–Kier alpha value is -1.93. The molecule has 96 valence electrons. The highest BCUT2D eigenvalue weighted by atomic mass is 32.2. The van der Waals surface area contributed by atoms with E-state index in [0.717, 1.165) is 0 Å². The van der Waals surface area contributed by atoms with Crippen molar-refractivity contribution in [2.75, 3.05) is 6.54 Å². The summed E-state index contributed by atoms with van der Waals surface area (Å²) in [5.41, 5.74) is 2.01. The molecule has 0 saturated heterocycles. The molecule has 0 bridgehead atoms. The van der Waals surface area contributed by atoms with E-state index in [4.69, 9.17) is 5.84 Å². The van der Waals surface area contributed by atoms with Crippen LogP contribution in [-0.4, -0.2) is 31.1 Å². The van der Waals surface area contributed by atoms with Gasteiger partial charge < -0.3 is 0 Å². The van der Waals surface area contributed by atoms with Crippen LogP contribution in [-0.2, 0) is 14.8 Å². The molecule has 0 aromatic heterocycles. The minimum absolute atomic E-state index is 0.0249. The number of carbonyl (C=O) groups is 2. The number of hydrogen-bond donors (Lipinski definition) is 2. The Balaban J connectivity index is 2.31. The number of amides is 2. The summed E-state index contributed by atoms with van der Waals surface area (Å²) >= 11 is 0. The van der Waals surface area contributed by atoms with Crippen molar-refractivity contribution in [3.05, 3.63) is 29.8 Å². The molecule has 1 aliphatic heterocycles. The zero-order valence-corrected chi connectivity index (χ0v) is 10.1. The Morgan fingerprint density at radius 2 is 2.00 bits per heavy atom. The van der Waals surface area contributed by atoms with Crippen molar-refractivity contribution < 1.29 is 18.0 Å². The maximum absolute atomic E-state index is 12.0. The number of hydrogen-bond acceptors (Lipinski definition) is 5. The first kappa shape index (κ1) is 12.5. The summed E-state index contributed by atoms with van der Waals surface area (Å²) in [4.78, 5) is 22.9. The van der Waals surface area contributed by atoms with Crippen molar-refractivity contribution >= 4 is 21.8 Å². The minimum Gasteiger partial charge on any atom is -0.294 e. The van der Waals surface area contributed by atoms with Gasteiger partial charge in [0.2, 0.25) is 5.91 Å². The van der Waals surface area contributed by atoms with Gasteiger partial charge >= 0.3 is 0 Å². The Morgan fingerprint density at radius 1 is 1.33 bits per heavy atom. The molecule has 0 atom stereocenters. The molecule has 0 aliphatic carbocycles. The normalized spacial score (nSPS) is 16.5. The van der Waals surface area contributed by atoms with E-state index in [1.54, 1.807) is 12.1 Å². The van der Waals surface area contributed by atoms with Gasteiger partial charge in [0.25, 0.3) is 15.9 Å². The fourth-order valence-corrected chi connectivity index (χ4v) is 3.30. The first-order valence-corrected chi connectivity index (χ1v) is 6.58. The van der Waals surface area contributed by atoms with Crippen LogP contribution in [0.2, 0.25) is 0 Å². The van der Waals surface area contributed by atoms with Crippen molar-refractivity contribution in [2.24, 2.45) is 5.84 Å². The molecule has 0 fully saturated rings. The topological polar surface area (TPSA) is 110 Å². The lowest BCUT2D eigenvalue weighted by atomic mass is 10.2. The van der Waals surface area contributed by atoms with Gasteiger partial charge in [0.05, 0.1) is 5.56 Å². The molecule has 0 spiro atoms. The highest BCUT2D eigenvalue weighted by Crippen LogP contribution is 2.29. The van der Waals surface area contributed by atoms with Gasteiger partial charge in [-0.2, -0.15) is 0 Å². The van der Waals surface area contributed by atoms with Crippen molar-refractivity contribution in [1.82, 2.24) is 9.73 Å². The molecular weight excluding hydrogens is 258 g/mol. The van der Waals surface area contributed by atoms with Crippen LogP contribution in [0.5, 0.6) is 0 Å². The van der Waals surface area contributed by atoms with Gasteiger partial charge in [-0.25, -0.2) is 18.6 Å². The van der Waals surface area contributed by atoms with E-state index in [0.29, 0.717) is 4.31 Å². The highest BCUT2D eigenvalue weighted by molar-refractivity contribution is 7.90. The number of hydrazine groups is 1. The molecule has 2 amide bonds. The van der Waals surface area contributed by atoms with E-state index in [1.165, 1.54) is 12.1 Å². The van der Waals surface area contributed by atoms with E-state index in [2.05, 4.69) is 0 Å². The van der Waals surface area contributed by atoms with Crippen molar-refractivity contribution in [2.45, 2.75) is 11.3 Å². The lowest BCUT2D eigenvalue weighted by Gasteiger charge is -2.13. The summed E-state index contributed by atoms with van der Waals surface area (Å²) in [7, 11) is -3.84. The van der Waals surface area contributed by atoms with Gasteiger partial charge in [-0.15, -0.1) is 0 Å². The number of nitrogens with zero attached hydrogens (tertiary/aromatic N) is 1. The maximum atomic E-state index is 12.0. The van der Waals surface area contributed by atoms with Gasteiger partial charge in [-0.05, 0) is 12.1 Å². The van der Waals surface area contributed by atoms with Gasteiger partial charge in [-0.3, -0.25) is 15.0 Å². The van der Waals surface area contributed by atoms with E-state index < -0.39 is 21.8 Å². The smallest absolute Gasteiger partial charge is 0.269 e. The lowest BCUT2D eigenvalue weighted by molar-refractivity contribution is -0.121. The second-order valence-corrected chi connectivity index (χ2v) is 5.53. The molecule has 2 rings (SSSR count). The molecule has 1 aromatic carbocycles. The van der Waals surface area contributed by atoms with Crippen LogP contribution < -0.4 is 11.3 Å².